The Kier molecular flexibility index (Phi) is 5.81. The summed E-state index contributed by atoms with van der Waals surface area (Å²) in [5.74, 6) is -1.29. The number of likely N-dealkylation sites (N-methyl/N-ethyl adjacent to an activating group) is 1. The number of Topliss-reactive ketones (excluding diaryl/α,β-unsaturated/α-hetero) is 1. The fraction of sp³-hybridized carbons (Fsp3) is 0.500. The molecular weight excluding hydrogens is 303 g/mol. The van der Waals surface area contributed by atoms with E-state index in [1.807, 2.05) is 4.90 Å². The fourth-order valence-corrected chi connectivity index (χ4v) is 2.69. The molecule has 1 saturated heterocycles. The van der Waals surface area contributed by atoms with Crippen molar-refractivity contribution in [3.05, 3.63) is 35.6 Å². The molecule has 2 rings (SSSR count). The highest BCUT2D eigenvalue weighted by Gasteiger charge is 2.38. The van der Waals surface area contributed by atoms with Gasteiger partial charge in [-0.2, -0.15) is 0 Å². The number of benzene rings is 1. The summed E-state index contributed by atoms with van der Waals surface area (Å²) in [6.07, 6.45) is -0.418. The lowest BCUT2D eigenvalue weighted by atomic mass is 10.1. The molecule has 1 unspecified atom stereocenters. The third-order valence-electron chi connectivity index (χ3n) is 4.00. The van der Waals surface area contributed by atoms with Gasteiger partial charge in [0.05, 0.1) is 12.7 Å². The Labute approximate surface area is 134 Å². The number of ketones is 1. The van der Waals surface area contributed by atoms with E-state index in [1.54, 1.807) is 19.2 Å². The fourth-order valence-electron chi connectivity index (χ4n) is 2.69. The van der Waals surface area contributed by atoms with Crippen molar-refractivity contribution < 1.29 is 23.5 Å². The number of rotatable bonds is 6. The van der Waals surface area contributed by atoms with Gasteiger partial charge in [-0.05, 0) is 17.7 Å². The summed E-state index contributed by atoms with van der Waals surface area (Å²) in [5.41, 5.74) is 0.860. The van der Waals surface area contributed by atoms with E-state index < -0.39 is 18.0 Å². The van der Waals surface area contributed by atoms with E-state index in [9.17, 15) is 14.0 Å². The Morgan fingerprint density at radius 1 is 1.22 bits per heavy atom. The zero-order valence-electron chi connectivity index (χ0n) is 13.5. The van der Waals surface area contributed by atoms with Crippen LogP contribution in [0.3, 0.4) is 0 Å². The molecule has 1 amide bonds. The molecule has 1 heterocycles. The minimum Gasteiger partial charge on any atom is -0.356 e. The molecule has 23 heavy (non-hydrogen) atoms. The summed E-state index contributed by atoms with van der Waals surface area (Å²) >= 11 is 0. The lowest BCUT2D eigenvalue weighted by Crippen LogP contribution is -2.59. The monoisotopic (exact) mass is 324 g/mol. The van der Waals surface area contributed by atoms with Gasteiger partial charge in [0.2, 0.25) is 5.78 Å². The van der Waals surface area contributed by atoms with Crippen LogP contribution in [-0.4, -0.2) is 61.8 Å². The average molecular weight is 324 g/mol. The van der Waals surface area contributed by atoms with Gasteiger partial charge < -0.3 is 14.4 Å². The third kappa shape index (κ3) is 4.13. The zero-order chi connectivity index (χ0) is 17.0. The molecule has 0 saturated carbocycles. The van der Waals surface area contributed by atoms with E-state index >= 15 is 0 Å². The highest BCUT2D eigenvalue weighted by molar-refractivity contribution is 6.37. The molecule has 0 aliphatic carbocycles. The lowest BCUT2D eigenvalue weighted by Gasteiger charge is -2.42. The van der Waals surface area contributed by atoms with Crippen molar-refractivity contribution in [3.63, 3.8) is 0 Å². The third-order valence-corrected chi connectivity index (χ3v) is 4.00. The SMILES string of the molecule is COC(CC1N(Cc2ccc(F)cc2)CC(=O)C(=O)N1C)OC. The second-order valence-electron chi connectivity index (χ2n) is 5.49. The largest absolute Gasteiger partial charge is 0.356 e. The maximum absolute atomic E-state index is 13.0. The van der Waals surface area contributed by atoms with E-state index in [0.29, 0.717) is 13.0 Å². The molecule has 0 aromatic heterocycles. The molecule has 1 aromatic rings. The highest BCUT2D eigenvalue weighted by atomic mass is 19.1. The van der Waals surface area contributed by atoms with Gasteiger partial charge in [-0.15, -0.1) is 0 Å². The quantitative estimate of drug-likeness (QED) is 0.577. The second kappa shape index (κ2) is 7.63. The van der Waals surface area contributed by atoms with Crippen LogP contribution in [0.4, 0.5) is 4.39 Å². The predicted molar refractivity (Wildman–Crippen MR) is 80.8 cm³/mol. The first kappa shape index (κ1) is 17.5. The van der Waals surface area contributed by atoms with Crippen LogP contribution < -0.4 is 0 Å². The van der Waals surface area contributed by atoms with E-state index in [4.69, 9.17) is 9.47 Å². The highest BCUT2D eigenvalue weighted by Crippen LogP contribution is 2.21. The number of nitrogens with zero attached hydrogens (tertiary/aromatic N) is 2. The molecule has 1 aromatic carbocycles. The predicted octanol–water partition coefficient (Wildman–Crippen LogP) is 1.00. The van der Waals surface area contributed by atoms with Crippen LogP contribution in [0, 0.1) is 5.82 Å². The van der Waals surface area contributed by atoms with Crippen molar-refractivity contribution in [2.45, 2.75) is 25.4 Å². The van der Waals surface area contributed by atoms with Gasteiger partial charge in [0.25, 0.3) is 5.91 Å². The van der Waals surface area contributed by atoms with E-state index in [1.165, 1.54) is 31.3 Å². The Hall–Kier alpha value is -1.83. The molecule has 1 atom stereocenters. The Morgan fingerprint density at radius 2 is 1.83 bits per heavy atom. The molecular formula is C16H21FN2O4. The first-order valence-electron chi connectivity index (χ1n) is 7.30. The summed E-state index contributed by atoms with van der Waals surface area (Å²) in [7, 11) is 4.63. The van der Waals surface area contributed by atoms with Crippen LogP contribution in [0.15, 0.2) is 24.3 Å². The molecule has 1 fully saturated rings. The minimum absolute atomic E-state index is 0.0192. The smallest absolute Gasteiger partial charge is 0.292 e. The topological polar surface area (TPSA) is 59.1 Å². The number of carbonyl (C=O) groups is 2. The first-order chi connectivity index (χ1) is 11.0. The number of ether oxygens (including phenoxy) is 2. The maximum atomic E-state index is 13.0. The van der Waals surface area contributed by atoms with Crippen LogP contribution in [0.25, 0.3) is 0 Å². The summed E-state index contributed by atoms with van der Waals surface area (Å²) in [4.78, 5) is 27.1. The Bertz CT molecular complexity index is 560. The molecule has 6 nitrogen and oxygen atoms in total. The van der Waals surface area contributed by atoms with E-state index in [-0.39, 0.29) is 18.5 Å². The van der Waals surface area contributed by atoms with E-state index in [0.717, 1.165) is 5.56 Å². The molecule has 0 bridgehead atoms. The number of hydrogen-bond acceptors (Lipinski definition) is 5. The molecule has 7 heteroatoms. The first-order valence-corrected chi connectivity index (χ1v) is 7.30. The van der Waals surface area contributed by atoms with Gasteiger partial charge in [0, 0.05) is 34.2 Å². The van der Waals surface area contributed by atoms with Crippen molar-refractivity contribution in [3.8, 4) is 0 Å². The Balaban J connectivity index is 2.19. The van der Waals surface area contributed by atoms with Gasteiger partial charge >= 0.3 is 0 Å². The van der Waals surface area contributed by atoms with Crippen LogP contribution in [0.5, 0.6) is 0 Å². The number of carbonyl (C=O) groups excluding carboxylic acids is 2. The average Bonchev–Trinajstić information content (AvgIpc) is 2.55. The number of methoxy groups -OCH3 is 2. The van der Waals surface area contributed by atoms with Gasteiger partial charge in [0.15, 0.2) is 6.29 Å². The van der Waals surface area contributed by atoms with Gasteiger partial charge in [-0.3, -0.25) is 14.5 Å². The van der Waals surface area contributed by atoms with Gasteiger partial charge in [-0.25, -0.2) is 4.39 Å². The summed E-state index contributed by atoms with van der Waals surface area (Å²) in [6, 6.07) is 6.07. The zero-order valence-corrected chi connectivity index (χ0v) is 13.5. The summed E-state index contributed by atoms with van der Waals surface area (Å²) in [6.45, 7) is 0.444. The Morgan fingerprint density at radius 3 is 2.39 bits per heavy atom. The second-order valence-corrected chi connectivity index (χ2v) is 5.49. The van der Waals surface area contributed by atoms with Crippen molar-refractivity contribution in [1.82, 2.24) is 9.80 Å². The molecule has 126 valence electrons. The number of amides is 1. The molecule has 1 aliphatic rings. The normalized spacial score (nSPS) is 19.7. The number of hydrogen-bond donors (Lipinski definition) is 0. The molecule has 0 spiro atoms. The van der Waals surface area contributed by atoms with Crippen LogP contribution >= 0.6 is 0 Å². The number of halogens is 1. The van der Waals surface area contributed by atoms with Crippen LogP contribution in [0.2, 0.25) is 0 Å². The van der Waals surface area contributed by atoms with Crippen molar-refractivity contribution in [2.24, 2.45) is 0 Å². The maximum Gasteiger partial charge on any atom is 0.292 e. The summed E-state index contributed by atoms with van der Waals surface area (Å²) < 4.78 is 23.4. The van der Waals surface area contributed by atoms with Crippen molar-refractivity contribution in [2.75, 3.05) is 27.8 Å². The molecule has 0 N–H and O–H groups in total. The van der Waals surface area contributed by atoms with Crippen molar-refractivity contribution >= 4 is 11.7 Å². The molecule has 0 radical (unpaired) electrons. The van der Waals surface area contributed by atoms with Gasteiger partial charge in [-0.1, -0.05) is 12.1 Å². The van der Waals surface area contributed by atoms with Crippen LogP contribution in [0.1, 0.15) is 12.0 Å². The lowest BCUT2D eigenvalue weighted by molar-refractivity contribution is -0.165. The van der Waals surface area contributed by atoms with Crippen molar-refractivity contribution in [1.29, 1.82) is 0 Å². The van der Waals surface area contributed by atoms with E-state index in [2.05, 4.69) is 0 Å². The minimum atomic E-state index is -0.517. The molecule has 1 aliphatic heterocycles. The van der Waals surface area contributed by atoms with Crippen LogP contribution in [-0.2, 0) is 25.6 Å². The van der Waals surface area contributed by atoms with Gasteiger partial charge in [0.1, 0.15) is 5.82 Å². The summed E-state index contributed by atoms with van der Waals surface area (Å²) in [5, 5.41) is 0. The standard InChI is InChI=1S/C16H21FN2O4/c1-18-14(8-15(22-2)23-3)19(10-13(20)16(18)21)9-11-4-6-12(17)7-5-11/h4-7,14-15H,8-10H2,1-3H3.